The molecule has 0 amide bonds. The summed E-state index contributed by atoms with van der Waals surface area (Å²) in [6.07, 6.45) is 8.96. The first-order valence-electron chi connectivity index (χ1n) is 4.69. The van der Waals surface area contributed by atoms with Crippen LogP contribution in [0.5, 0.6) is 0 Å². The van der Waals surface area contributed by atoms with Crippen molar-refractivity contribution in [3.63, 3.8) is 0 Å². The van der Waals surface area contributed by atoms with Crippen LogP contribution in [0.4, 0.5) is 0 Å². The number of nitrogens with zero attached hydrogens (tertiary/aromatic N) is 1. The van der Waals surface area contributed by atoms with Crippen LogP contribution >= 0.6 is 0 Å². The Labute approximate surface area is 73.6 Å². The predicted octanol–water partition coefficient (Wildman–Crippen LogP) is 0.465. The quantitative estimate of drug-likeness (QED) is 0.571. The molecule has 1 N–H and O–H groups in total. The molecule has 0 aromatic carbocycles. The van der Waals surface area contributed by atoms with E-state index in [-0.39, 0.29) is 12.0 Å². The van der Waals surface area contributed by atoms with Gasteiger partial charge in [-0.25, -0.2) is 0 Å². The lowest BCUT2D eigenvalue weighted by Gasteiger charge is -2.34. The Morgan fingerprint density at radius 2 is 2.08 bits per heavy atom. The molecule has 1 heterocycles. The van der Waals surface area contributed by atoms with E-state index in [4.69, 9.17) is 6.42 Å². The lowest BCUT2D eigenvalue weighted by Crippen LogP contribution is -2.38. The van der Waals surface area contributed by atoms with Crippen molar-refractivity contribution in [2.24, 2.45) is 5.92 Å². The summed E-state index contributed by atoms with van der Waals surface area (Å²) >= 11 is 0. The number of likely N-dealkylation sites (tertiary alicyclic amines) is 1. The smallest absolute Gasteiger partial charge is 0.0816 e. The molecule has 1 aliphatic carbocycles. The highest BCUT2D eigenvalue weighted by molar-refractivity contribution is 5.04. The van der Waals surface area contributed by atoms with E-state index in [9.17, 15) is 5.11 Å². The highest BCUT2D eigenvalue weighted by Gasteiger charge is 2.35. The molecule has 1 aliphatic heterocycles. The molecule has 2 heteroatoms. The first kappa shape index (κ1) is 8.10. The number of rotatable bonds is 1. The summed E-state index contributed by atoms with van der Waals surface area (Å²) in [4.78, 5) is 2.35. The van der Waals surface area contributed by atoms with Crippen LogP contribution in [-0.4, -0.2) is 35.2 Å². The van der Waals surface area contributed by atoms with Gasteiger partial charge in [0.1, 0.15) is 0 Å². The summed E-state index contributed by atoms with van der Waals surface area (Å²) in [6, 6.07) is 0.720. The number of aliphatic hydroxyl groups excluding tert-OH is 1. The Hall–Kier alpha value is -0.520. The van der Waals surface area contributed by atoms with E-state index in [1.807, 2.05) is 0 Å². The molecular formula is C10H15NO. The molecule has 0 aromatic rings. The summed E-state index contributed by atoms with van der Waals surface area (Å²) < 4.78 is 0. The number of hydrogen-bond donors (Lipinski definition) is 1. The molecule has 0 bridgehead atoms. The van der Waals surface area contributed by atoms with Crippen LogP contribution in [-0.2, 0) is 0 Å². The lowest BCUT2D eigenvalue weighted by molar-refractivity contribution is 0.122. The summed E-state index contributed by atoms with van der Waals surface area (Å²) in [6.45, 7) is 1.70. The number of β-amino-alcohol motifs (C(OH)–C–C–N with tert-alkyl or cyclic N) is 1. The van der Waals surface area contributed by atoms with Crippen molar-refractivity contribution in [2.75, 3.05) is 13.1 Å². The molecule has 12 heavy (non-hydrogen) atoms. The fourth-order valence-electron chi connectivity index (χ4n) is 2.03. The first-order valence-corrected chi connectivity index (χ1v) is 4.69. The molecule has 2 rings (SSSR count). The molecule has 0 aromatic heterocycles. The van der Waals surface area contributed by atoms with Gasteiger partial charge in [-0.3, -0.25) is 4.90 Å². The fourth-order valence-corrected chi connectivity index (χ4v) is 2.03. The van der Waals surface area contributed by atoms with E-state index in [2.05, 4.69) is 10.8 Å². The van der Waals surface area contributed by atoms with Crippen molar-refractivity contribution in [3.8, 4) is 12.3 Å². The molecular weight excluding hydrogens is 150 g/mol. The Bertz CT molecular complexity index is 204. The van der Waals surface area contributed by atoms with E-state index in [0.717, 1.165) is 19.1 Å². The van der Waals surface area contributed by atoms with Gasteiger partial charge in [-0.05, 0) is 12.8 Å². The second-order valence-electron chi connectivity index (χ2n) is 3.88. The standard InChI is InChI=1S/C10H15NO/c1-2-8-6-11(7-10(8)12)9-4-3-5-9/h1,8-10,12H,3-7H2/t8-,10-/m1/s1. The zero-order chi connectivity index (χ0) is 8.55. The molecule has 1 saturated heterocycles. The van der Waals surface area contributed by atoms with Gasteiger partial charge < -0.3 is 5.11 Å². The molecule has 2 atom stereocenters. The second-order valence-corrected chi connectivity index (χ2v) is 3.88. The maximum absolute atomic E-state index is 9.54. The van der Waals surface area contributed by atoms with Gasteiger partial charge in [-0.2, -0.15) is 0 Å². The lowest BCUT2D eigenvalue weighted by atomic mass is 9.92. The third kappa shape index (κ3) is 1.24. The number of terminal acetylenes is 1. The summed E-state index contributed by atoms with van der Waals surface area (Å²) in [7, 11) is 0. The minimum Gasteiger partial charge on any atom is -0.390 e. The van der Waals surface area contributed by atoms with Crippen molar-refractivity contribution >= 4 is 0 Å². The van der Waals surface area contributed by atoms with Crippen LogP contribution in [0.1, 0.15) is 19.3 Å². The van der Waals surface area contributed by atoms with Crippen molar-refractivity contribution in [3.05, 3.63) is 0 Å². The minimum atomic E-state index is -0.282. The SMILES string of the molecule is C#C[C@@H]1CN(C2CCC2)C[C@H]1O. The average molecular weight is 165 g/mol. The van der Waals surface area contributed by atoms with Crippen molar-refractivity contribution in [2.45, 2.75) is 31.4 Å². The molecule has 2 aliphatic rings. The molecule has 0 radical (unpaired) electrons. The monoisotopic (exact) mass is 165 g/mol. The van der Waals surface area contributed by atoms with Crippen LogP contribution in [0.15, 0.2) is 0 Å². The third-order valence-corrected chi connectivity index (χ3v) is 3.12. The van der Waals surface area contributed by atoms with E-state index in [1.165, 1.54) is 19.3 Å². The second kappa shape index (κ2) is 3.08. The normalized spacial score (nSPS) is 37.7. The summed E-state index contributed by atoms with van der Waals surface area (Å²) in [5.41, 5.74) is 0. The van der Waals surface area contributed by atoms with E-state index < -0.39 is 0 Å². The van der Waals surface area contributed by atoms with Crippen LogP contribution in [0.25, 0.3) is 0 Å². The van der Waals surface area contributed by atoms with Crippen molar-refractivity contribution < 1.29 is 5.11 Å². The molecule has 1 saturated carbocycles. The predicted molar refractivity (Wildman–Crippen MR) is 47.5 cm³/mol. The van der Waals surface area contributed by atoms with Gasteiger partial charge in [-0.15, -0.1) is 6.42 Å². The fraction of sp³-hybridized carbons (Fsp3) is 0.800. The maximum atomic E-state index is 9.54. The van der Waals surface area contributed by atoms with Crippen molar-refractivity contribution in [1.29, 1.82) is 0 Å². The zero-order valence-corrected chi connectivity index (χ0v) is 7.24. The summed E-state index contributed by atoms with van der Waals surface area (Å²) in [5.74, 6) is 2.73. The Balaban J connectivity index is 1.92. The van der Waals surface area contributed by atoms with Crippen molar-refractivity contribution in [1.82, 2.24) is 4.90 Å². The maximum Gasteiger partial charge on any atom is 0.0816 e. The van der Waals surface area contributed by atoms with Gasteiger partial charge in [0.05, 0.1) is 12.0 Å². The highest BCUT2D eigenvalue weighted by atomic mass is 16.3. The molecule has 0 unspecified atom stereocenters. The topological polar surface area (TPSA) is 23.5 Å². The van der Waals surface area contributed by atoms with E-state index in [0.29, 0.717) is 0 Å². The molecule has 66 valence electrons. The van der Waals surface area contributed by atoms with Gasteiger partial charge in [0.2, 0.25) is 0 Å². The van der Waals surface area contributed by atoms with E-state index in [1.54, 1.807) is 0 Å². The number of hydrogen-bond acceptors (Lipinski definition) is 2. The van der Waals surface area contributed by atoms with Crippen LogP contribution in [0.2, 0.25) is 0 Å². The highest BCUT2D eigenvalue weighted by Crippen LogP contribution is 2.29. The van der Waals surface area contributed by atoms with Crippen LogP contribution in [0.3, 0.4) is 0 Å². The van der Waals surface area contributed by atoms with E-state index >= 15 is 0 Å². The molecule has 2 fully saturated rings. The van der Waals surface area contributed by atoms with Gasteiger partial charge in [0.15, 0.2) is 0 Å². The van der Waals surface area contributed by atoms with Crippen LogP contribution in [0, 0.1) is 18.3 Å². The zero-order valence-electron chi connectivity index (χ0n) is 7.24. The van der Waals surface area contributed by atoms with Gasteiger partial charge in [0.25, 0.3) is 0 Å². The Kier molecular flexibility index (Phi) is 2.08. The number of aliphatic hydroxyl groups is 1. The molecule has 2 nitrogen and oxygen atoms in total. The Morgan fingerprint density at radius 1 is 1.33 bits per heavy atom. The minimum absolute atomic E-state index is 0.0746. The molecule has 0 spiro atoms. The first-order chi connectivity index (χ1) is 5.81. The van der Waals surface area contributed by atoms with Crippen LogP contribution < -0.4 is 0 Å². The summed E-state index contributed by atoms with van der Waals surface area (Å²) in [5, 5.41) is 9.54. The Morgan fingerprint density at radius 3 is 2.50 bits per heavy atom. The van der Waals surface area contributed by atoms with Gasteiger partial charge in [0, 0.05) is 19.1 Å². The van der Waals surface area contributed by atoms with Gasteiger partial charge in [-0.1, -0.05) is 12.3 Å². The van der Waals surface area contributed by atoms with Gasteiger partial charge >= 0.3 is 0 Å². The largest absolute Gasteiger partial charge is 0.390 e. The average Bonchev–Trinajstić information content (AvgIpc) is 2.27. The third-order valence-electron chi connectivity index (χ3n) is 3.12.